The molecule has 0 fully saturated rings. The van der Waals surface area contributed by atoms with Crippen LogP contribution in [0, 0.1) is 0 Å². The fourth-order valence-corrected chi connectivity index (χ4v) is 1.70. The van der Waals surface area contributed by atoms with Gasteiger partial charge in [-0.05, 0) is 12.1 Å². The molecule has 0 unspecified atom stereocenters. The third-order valence-corrected chi connectivity index (χ3v) is 2.53. The lowest BCUT2D eigenvalue weighted by atomic mass is 10.2. The van der Waals surface area contributed by atoms with Gasteiger partial charge in [-0.15, -0.1) is 0 Å². The van der Waals surface area contributed by atoms with E-state index in [0.29, 0.717) is 6.54 Å². The van der Waals surface area contributed by atoms with Crippen molar-refractivity contribution >= 4 is 5.65 Å². The van der Waals surface area contributed by atoms with Crippen LogP contribution in [0.3, 0.4) is 0 Å². The third-order valence-electron chi connectivity index (χ3n) is 2.53. The Morgan fingerprint density at radius 3 is 2.88 bits per heavy atom. The maximum Gasteiger partial charge on any atom is 0.140 e. The number of hydrogen-bond donors (Lipinski definition) is 1. The van der Waals surface area contributed by atoms with Gasteiger partial charge in [0.15, 0.2) is 0 Å². The van der Waals surface area contributed by atoms with Crippen LogP contribution in [0.1, 0.15) is 5.69 Å². The van der Waals surface area contributed by atoms with Gasteiger partial charge in [0.25, 0.3) is 0 Å². The predicted octanol–water partition coefficient (Wildman–Crippen LogP) is 1.25. The third kappa shape index (κ3) is 1.76. The van der Waals surface area contributed by atoms with E-state index in [2.05, 4.69) is 15.0 Å². The first kappa shape index (κ1) is 9.92. The van der Waals surface area contributed by atoms with Gasteiger partial charge in [-0.1, -0.05) is 6.07 Å². The molecule has 5 heteroatoms. The maximum absolute atomic E-state index is 5.55. The largest absolute Gasteiger partial charge is 0.325 e. The summed E-state index contributed by atoms with van der Waals surface area (Å²) in [6, 6.07) is 7.64. The minimum atomic E-state index is 0.431. The molecule has 0 aromatic carbocycles. The van der Waals surface area contributed by atoms with Gasteiger partial charge in [-0.2, -0.15) is 0 Å². The summed E-state index contributed by atoms with van der Waals surface area (Å²) in [6.45, 7) is 0.431. The summed E-state index contributed by atoms with van der Waals surface area (Å²) in [5, 5.41) is 0. The van der Waals surface area contributed by atoms with E-state index in [4.69, 9.17) is 5.73 Å². The van der Waals surface area contributed by atoms with Gasteiger partial charge in [0.1, 0.15) is 12.0 Å². The second-order valence-corrected chi connectivity index (χ2v) is 3.69. The molecule has 0 saturated heterocycles. The lowest BCUT2D eigenvalue weighted by Gasteiger charge is -1.99. The Labute approximate surface area is 98.0 Å². The Morgan fingerprint density at radius 1 is 1.18 bits per heavy atom. The average molecular weight is 225 g/mol. The smallest absolute Gasteiger partial charge is 0.140 e. The molecule has 84 valence electrons. The van der Waals surface area contributed by atoms with Gasteiger partial charge in [-0.25, -0.2) is 9.97 Å². The molecule has 0 atom stereocenters. The van der Waals surface area contributed by atoms with Crippen molar-refractivity contribution < 1.29 is 0 Å². The zero-order valence-electron chi connectivity index (χ0n) is 9.11. The van der Waals surface area contributed by atoms with Crippen molar-refractivity contribution in [1.29, 1.82) is 0 Å². The number of pyridine rings is 1. The van der Waals surface area contributed by atoms with Crippen LogP contribution < -0.4 is 5.73 Å². The van der Waals surface area contributed by atoms with Crippen LogP contribution in [0.4, 0.5) is 0 Å². The molecule has 3 aromatic rings. The molecule has 0 radical (unpaired) electrons. The van der Waals surface area contributed by atoms with Gasteiger partial charge in [0.2, 0.25) is 0 Å². The van der Waals surface area contributed by atoms with Crippen molar-refractivity contribution in [1.82, 2.24) is 19.4 Å². The normalized spacial score (nSPS) is 10.9. The molecule has 0 bridgehead atoms. The van der Waals surface area contributed by atoms with Crippen LogP contribution in [-0.4, -0.2) is 19.4 Å². The highest BCUT2D eigenvalue weighted by Gasteiger charge is 2.04. The molecule has 2 N–H and O–H groups in total. The summed E-state index contributed by atoms with van der Waals surface area (Å²) in [6.07, 6.45) is 5.36. The standard InChI is InChI=1S/C12H11N5/c13-6-9-7-17-8-15-11(5-12(17)16-9)10-3-1-2-4-14-10/h1-5,7-8H,6,13H2. The van der Waals surface area contributed by atoms with E-state index in [0.717, 1.165) is 22.7 Å². The van der Waals surface area contributed by atoms with Crippen LogP contribution in [0.5, 0.6) is 0 Å². The van der Waals surface area contributed by atoms with Gasteiger partial charge >= 0.3 is 0 Å². The molecule has 5 nitrogen and oxygen atoms in total. The SMILES string of the molecule is NCc1cn2cnc(-c3ccccn3)cc2n1. The fraction of sp³-hybridized carbons (Fsp3) is 0.0833. The minimum absolute atomic E-state index is 0.431. The summed E-state index contributed by atoms with van der Waals surface area (Å²) in [5.74, 6) is 0. The first-order valence-electron chi connectivity index (χ1n) is 5.32. The van der Waals surface area contributed by atoms with Crippen molar-refractivity contribution in [3.63, 3.8) is 0 Å². The molecule has 3 aromatic heterocycles. The zero-order chi connectivity index (χ0) is 11.7. The van der Waals surface area contributed by atoms with Crippen LogP contribution >= 0.6 is 0 Å². The summed E-state index contributed by atoms with van der Waals surface area (Å²) in [5.41, 5.74) is 8.89. The quantitative estimate of drug-likeness (QED) is 0.712. The van der Waals surface area contributed by atoms with E-state index in [1.54, 1.807) is 12.5 Å². The number of nitrogens with two attached hydrogens (primary N) is 1. The Hall–Kier alpha value is -2.27. The van der Waals surface area contributed by atoms with Crippen molar-refractivity contribution in [3.05, 3.63) is 48.7 Å². The lowest BCUT2D eigenvalue weighted by Crippen LogP contribution is -1.95. The molecule has 0 amide bonds. The molecule has 3 heterocycles. The Balaban J connectivity index is 2.13. The van der Waals surface area contributed by atoms with Gasteiger partial charge in [0, 0.05) is 25.0 Å². The highest BCUT2D eigenvalue weighted by atomic mass is 15.0. The van der Waals surface area contributed by atoms with E-state index < -0.39 is 0 Å². The second kappa shape index (κ2) is 3.95. The van der Waals surface area contributed by atoms with Crippen LogP contribution in [0.2, 0.25) is 0 Å². The molecular weight excluding hydrogens is 214 g/mol. The van der Waals surface area contributed by atoms with Gasteiger partial charge in [0.05, 0.1) is 17.1 Å². The molecule has 0 aliphatic rings. The number of nitrogens with zero attached hydrogens (tertiary/aromatic N) is 4. The van der Waals surface area contributed by atoms with E-state index >= 15 is 0 Å². The average Bonchev–Trinajstić information content (AvgIpc) is 2.81. The van der Waals surface area contributed by atoms with Crippen molar-refractivity contribution in [3.8, 4) is 11.4 Å². The Morgan fingerprint density at radius 2 is 2.12 bits per heavy atom. The lowest BCUT2D eigenvalue weighted by molar-refractivity contribution is 1.01. The zero-order valence-corrected chi connectivity index (χ0v) is 9.11. The van der Waals surface area contributed by atoms with E-state index in [1.807, 2.05) is 34.9 Å². The first-order valence-corrected chi connectivity index (χ1v) is 5.32. The van der Waals surface area contributed by atoms with Crippen LogP contribution in [-0.2, 0) is 6.54 Å². The molecule has 0 aliphatic heterocycles. The van der Waals surface area contributed by atoms with Gasteiger partial charge < -0.3 is 5.73 Å². The summed E-state index contributed by atoms with van der Waals surface area (Å²) in [4.78, 5) is 13.0. The number of fused-ring (bicyclic) bond motifs is 1. The number of rotatable bonds is 2. The molecule has 3 rings (SSSR count). The van der Waals surface area contributed by atoms with E-state index in [9.17, 15) is 0 Å². The van der Waals surface area contributed by atoms with Crippen LogP contribution in [0.15, 0.2) is 43.0 Å². The fourth-order valence-electron chi connectivity index (χ4n) is 1.70. The maximum atomic E-state index is 5.55. The van der Waals surface area contributed by atoms with Crippen molar-refractivity contribution in [2.75, 3.05) is 0 Å². The van der Waals surface area contributed by atoms with E-state index in [-0.39, 0.29) is 0 Å². The van der Waals surface area contributed by atoms with Crippen molar-refractivity contribution in [2.45, 2.75) is 6.54 Å². The molecule has 0 spiro atoms. The summed E-state index contributed by atoms with van der Waals surface area (Å²) in [7, 11) is 0. The highest BCUT2D eigenvalue weighted by Crippen LogP contribution is 2.15. The predicted molar refractivity (Wildman–Crippen MR) is 64.1 cm³/mol. The van der Waals surface area contributed by atoms with E-state index in [1.165, 1.54) is 0 Å². The topological polar surface area (TPSA) is 69.1 Å². The number of aromatic nitrogens is 4. The first-order chi connectivity index (χ1) is 8.36. The number of hydrogen-bond acceptors (Lipinski definition) is 4. The van der Waals surface area contributed by atoms with Crippen LogP contribution in [0.25, 0.3) is 17.0 Å². The summed E-state index contributed by atoms with van der Waals surface area (Å²) >= 11 is 0. The summed E-state index contributed by atoms with van der Waals surface area (Å²) < 4.78 is 1.86. The Bertz CT molecular complexity index is 644. The van der Waals surface area contributed by atoms with Gasteiger partial charge in [-0.3, -0.25) is 9.38 Å². The monoisotopic (exact) mass is 225 g/mol. The Kier molecular flexibility index (Phi) is 2.31. The molecule has 0 aliphatic carbocycles. The minimum Gasteiger partial charge on any atom is -0.325 e. The van der Waals surface area contributed by atoms with Crippen molar-refractivity contribution in [2.24, 2.45) is 5.73 Å². The molecule has 0 saturated carbocycles. The second-order valence-electron chi connectivity index (χ2n) is 3.69. The molecule has 17 heavy (non-hydrogen) atoms. The highest BCUT2D eigenvalue weighted by molar-refractivity contribution is 5.59. The number of imidazole rings is 1. The molecular formula is C12H11N5.